The molecule has 2 fully saturated rings. The van der Waals surface area contributed by atoms with Crippen LogP contribution in [0, 0.1) is 11.7 Å². The van der Waals surface area contributed by atoms with Gasteiger partial charge in [0.2, 0.25) is 5.91 Å². The van der Waals surface area contributed by atoms with Gasteiger partial charge in [0.05, 0.1) is 0 Å². The van der Waals surface area contributed by atoms with E-state index in [2.05, 4.69) is 10.2 Å². The zero-order chi connectivity index (χ0) is 17.5. The van der Waals surface area contributed by atoms with Crippen molar-refractivity contribution in [2.45, 2.75) is 38.6 Å². The van der Waals surface area contributed by atoms with Crippen LogP contribution in [-0.2, 0) is 11.3 Å². The lowest BCUT2D eigenvalue weighted by atomic mass is 9.93. The molecule has 3 rings (SSSR count). The molecule has 0 aliphatic carbocycles. The minimum Gasteiger partial charge on any atom is -0.341 e. The maximum atomic E-state index is 13.0. The van der Waals surface area contributed by atoms with Gasteiger partial charge in [-0.05, 0) is 62.4 Å². The molecule has 0 radical (unpaired) electrons. The van der Waals surface area contributed by atoms with Gasteiger partial charge in [-0.3, -0.25) is 9.69 Å². The van der Waals surface area contributed by atoms with E-state index in [1.807, 2.05) is 17.0 Å². The van der Waals surface area contributed by atoms with Crippen molar-refractivity contribution in [3.8, 4) is 0 Å². The molecule has 1 amide bonds. The summed E-state index contributed by atoms with van der Waals surface area (Å²) in [6.07, 6.45) is 5.16. The molecule has 25 heavy (non-hydrogen) atoms. The summed E-state index contributed by atoms with van der Waals surface area (Å²) in [5.41, 5.74) is 1.13. The molecule has 0 saturated carbocycles. The van der Waals surface area contributed by atoms with Crippen LogP contribution in [0.5, 0.6) is 0 Å². The van der Waals surface area contributed by atoms with Gasteiger partial charge in [0, 0.05) is 39.1 Å². The molecule has 2 heterocycles. The first-order chi connectivity index (χ1) is 12.2. The van der Waals surface area contributed by atoms with Gasteiger partial charge >= 0.3 is 0 Å². The monoisotopic (exact) mass is 347 g/mol. The molecule has 2 saturated heterocycles. The zero-order valence-corrected chi connectivity index (χ0v) is 15.1. The Morgan fingerprint density at radius 1 is 1.08 bits per heavy atom. The number of hydrogen-bond donors (Lipinski definition) is 1. The first-order valence-electron chi connectivity index (χ1n) is 9.66. The SMILES string of the molecule is O=C(CCC1CCNCC1)N1CCCN(Cc2ccc(F)cc2)CC1. The second-order valence-electron chi connectivity index (χ2n) is 7.37. The lowest BCUT2D eigenvalue weighted by Gasteiger charge is -2.25. The summed E-state index contributed by atoms with van der Waals surface area (Å²) in [6, 6.07) is 6.73. The molecule has 0 aromatic heterocycles. The summed E-state index contributed by atoms with van der Waals surface area (Å²) in [4.78, 5) is 17.0. The summed E-state index contributed by atoms with van der Waals surface area (Å²) in [5.74, 6) is 0.847. The first-order valence-corrected chi connectivity index (χ1v) is 9.66. The number of carbonyl (C=O) groups excluding carboxylic acids is 1. The van der Waals surface area contributed by atoms with Crippen LogP contribution < -0.4 is 5.32 Å². The lowest BCUT2D eigenvalue weighted by Crippen LogP contribution is -2.35. The molecule has 2 aliphatic rings. The third-order valence-corrected chi connectivity index (χ3v) is 5.49. The summed E-state index contributed by atoms with van der Waals surface area (Å²) < 4.78 is 13.0. The van der Waals surface area contributed by atoms with Crippen LogP contribution in [0.3, 0.4) is 0 Å². The highest BCUT2D eigenvalue weighted by Gasteiger charge is 2.21. The minimum atomic E-state index is -0.190. The largest absolute Gasteiger partial charge is 0.341 e. The fourth-order valence-electron chi connectivity index (χ4n) is 3.88. The average molecular weight is 347 g/mol. The highest BCUT2D eigenvalue weighted by Crippen LogP contribution is 2.19. The normalized spacial score (nSPS) is 20.4. The molecule has 5 heteroatoms. The second kappa shape index (κ2) is 9.30. The van der Waals surface area contributed by atoms with Crippen molar-refractivity contribution in [1.29, 1.82) is 0 Å². The number of nitrogens with one attached hydrogen (secondary N) is 1. The summed E-state index contributed by atoms with van der Waals surface area (Å²) in [6.45, 7) is 6.60. The van der Waals surface area contributed by atoms with E-state index in [4.69, 9.17) is 0 Å². The topological polar surface area (TPSA) is 35.6 Å². The molecule has 1 aromatic rings. The fraction of sp³-hybridized carbons (Fsp3) is 0.650. The van der Waals surface area contributed by atoms with Gasteiger partial charge < -0.3 is 10.2 Å². The van der Waals surface area contributed by atoms with Gasteiger partial charge in [-0.1, -0.05) is 12.1 Å². The van der Waals surface area contributed by atoms with Crippen LogP contribution in [0.2, 0.25) is 0 Å². The van der Waals surface area contributed by atoms with Crippen LogP contribution in [0.4, 0.5) is 4.39 Å². The van der Waals surface area contributed by atoms with E-state index in [0.29, 0.717) is 18.2 Å². The molecule has 1 aromatic carbocycles. The molecule has 0 bridgehead atoms. The highest BCUT2D eigenvalue weighted by molar-refractivity contribution is 5.76. The Morgan fingerprint density at radius 2 is 1.84 bits per heavy atom. The second-order valence-corrected chi connectivity index (χ2v) is 7.37. The van der Waals surface area contributed by atoms with Gasteiger partial charge in [-0.2, -0.15) is 0 Å². The van der Waals surface area contributed by atoms with E-state index in [0.717, 1.165) is 64.2 Å². The molecule has 1 N–H and O–H groups in total. The Morgan fingerprint density at radius 3 is 2.60 bits per heavy atom. The molecular weight excluding hydrogens is 317 g/mol. The Hall–Kier alpha value is -1.46. The van der Waals surface area contributed by atoms with Crippen LogP contribution >= 0.6 is 0 Å². The van der Waals surface area contributed by atoms with Crippen LogP contribution in [0.25, 0.3) is 0 Å². The number of benzene rings is 1. The quantitative estimate of drug-likeness (QED) is 0.889. The summed E-state index contributed by atoms with van der Waals surface area (Å²) in [7, 11) is 0. The molecule has 138 valence electrons. The fourth-order valence-corrected chi connectivity index (χ4v) is 3.88. The summed E-state index contributed by atoms with van der Waals surface area (Å²) in [5, 5.41) is 3.38. The van der Waals surface area contributed by atoms with Gasteiger partial charge in [-0.25, -0.2) is 4.39 Å². The smallest absolute Gasteiger partial charge is 0.222 e. The van der Waals surface area contributed by atoms with Crippen molar-refractivity contribution in [1.82, 2.24) is 15.1 Å². The van der Waals surface area contributed by atoms with E-state index in [9.17, 15) is 9.18 Å². The van der Waals surface area contributed by atoms with Gasteiger partial charge in [0.1, 0.15) is 5.82 Å². The van der Waals surface area contributed by atoms with Crippen molar-refractivity contribution < 1.29 is 9.18 Å². The van der Waals surface area contributed by atoms with Gasteiger partial charge in [0.15, 0.2) is 0 Å². The predicted molar refractivity (Wildman–Crippen MR) is 97.7 cm³/mol. The van der Waals surface area contributed by atoms with Crippen molar-refractivity contribution in [3.63, 3.8) is 0 Å². The van der Waals surface area contributed by atoms with Gasteiger partial charge in [-0.15, -0.1) is 0 Å². The zero-order valence-electron chi connectivity index (χ0n) is 15.1. The van der Waals surface area contributed by atoms with Crippen molar-refractivity contribution in [2.75, 3.05) is 39.3 Å². The number of carbonyl (C=O) groups is 1. The maximum Gasteiger partial charge on any atom is 0.222 e. The molecule has 2 aliphatic heterocycles. The molecule has 0 unspecified atom stereocenters. The summed E-state index contributed by atoms with van der Waals surface area (Å²) >= 11 is 0. The van der Waals surface area contributed by atoms with Crippen LogP contribution in [0.1, 0.15) is 37.7 Å². The molecule has 0 atom stereocenters. The third-order valence-electron chi connectivity index (χ3n) is 5.49. The van der Waals surface area contributed by atoms with Crippen molar-refractivity contribution in [2.24, 2.45) is 5.92 Å². The van der Waals surface area contributed by atoms with Crippen molar-refractivity contribution in [3.05, 3.63) is 35.6 Å². The Kier molecular flexibility index (Phi) is 6.82. The highest BCUT2D eigenvalue weighted by atomic mass is 19.1. The van der Waals surface area contributed by atoms with Crippen LogP contribution in [0.15, 0.2) is 24.3 Å². The van der Waals surface area contributed by atoms with E-state index >= 15 is 0 Å². The molecular formula is C20H30FN3O. The Bertz CT molecular complexity index is 542. The number of halogens is 1. The number of amides is 1. The average Bonchev–Trinajstić information content (AvgIpc) is 2.88. The number of rotatable bonds is 5. The first kappa shape index (κ1) is 18.3. The predicted octanol–water partition coefficient (Wildman–Crippen LogP) is 2.64. The molecule has 4 nitrogen and oxygen atoms in total. The van der Waals surface area contributed by atoms with E-state index in [1.165, 1.54) is 25.0 Å². The van der Waals surface area contributed by atoms with E-state index in [1.54, 1.807) is 0 Å². The lowest BCUT2D eigenvalue weighted by molar-refractivity contribution is -0.131. The number of hydrogen-bond acceptors (Lipinski definition) is 3. The number of piperidine rings is 1. The van der Waals surface area contributed by atoms with E-state index < -0.39 is 0 Å². The van der Waals surface area contributed by atoms with E-state index in [-0.39, 0.29) is 5.82 Å². The Labute approximate surface area is 150 Å². The maximum absolute atomic E-state index is 13.0. The Balaban J connectivity index is 1.42. The molecule has 0 spiro atoms. The number of nitrogens with zero attached hydrogens (tertiary/aromatic N) is 2. The minimum absolute atomic E-state index is 0.190. The van der Waals surface area contributed by atoms with Crippen LogP contribution in [-0.4, -0.2) is 55.0 Å². The van der Waals surface area contributed by atoms with Crippen molar-refractivity contribution >= 4 is 5.91 Å². The third kappa shape index (κ3) is 5.79. The standard InChI is InChI=1S/C20H30FN3O/c21-19-5-2-18(3-6-19)16-23-12-1-13-24(15-14-23)20(25)7-4-17-8-10-22-11-9-17/h2-3,5-6,17,22H,1,4,7-16H2. The van der Waals surface area contributed by atoms with Gasteiger partial charge in [0.25, 0.3) is 0 Å².